The SMILES string of the molecule is Cn1c(CNC(=O)c2ccnc3ccccc23)nc2ccccc21. The number of aryl methyl sites for hydroxylation is 1. The summed E-state index contributed by atoms with van der Waals surface area (Å²) in [7, 11) is 1.96. The van der Waals surface area contributed by atoms with Crippen molar-refractivity contribution in [3.05, 3.63) is 72.2 Å². The molecule has 118 valence electrons. The van der Waals surface area contributed by atoms with Gasteiger partial charge < -0.3 is 9.88 Å². The molecule has 0 unspecified atom stereocenters. The van der Waals surface area contributed by atoms with Crippen LogP contribution in [0.15, 0.2) is 60.8 Å². The van der Waals surface area contributed by atoms with Crippen LogP contribution in [0.2, 0.25) is 0 Å². The number of hydrogen-bond donors (Lipinski definition) is 1. The number of hydrogen-bond acceptors (Lipinski definition) is 3. The highest BCUT2D eigenvalue weighted by Crippen LogP contribution is 2.17. The lowest BCUT2D eigenvalue weighted by Crippen LogP contribution is -2.24. The highest BCUT2D eigenvalue weighted by atomic mass is 16.1. The quantitative estimate of drug-likeness (QED) is 0.632. The lowest BCUT2D eigenvalue weighted by atomic mass is 10.1. The maximum Gasteiger partial charge on any atom is 0.252 e. The van der Waals surface area contributed by atoms with Gasteiger partial charge in [-0.2, -0.15) is 0 Å². The summed E-state index contributed by atoms with van der Waals surface area (Å²) in [5, 5.41) is 3.81. The number of nitrogens with one attached hydrogen (secondary N) is 1. The van der Waals surface area contributed by atoms with Gasteiger partial charge >= 0.3 is 0 Å². The minimum atomic E-state index is -0.124. The molecule has 0 aliphatic heterocycles. The van der Waals surface area contributed by atoms with E-state index in [0.29, 0.717) is 12.1 Å². The van der Waals surface area contributed by atoms with Crippen LogP contribution >= 0.6 is 0 Å². The fourth-order valence-corrected chi connectivity index (χ4v) is 2.90. The molecular formula is C19H16N4O. The summed E-state index contributed by atoms with van der Waals surface area (Å²) in [6.45, 7) is 0.376. The molecule has 0 spiro atoms. The van der Waals surface area contributed by atoms with Gasteiger partial charge in [-0.3, -0.25) is 9.78 Å². The number of carbonyl (C=O) groups excluding carboxylic acids is 1. The van der Waals surface area contributed by atoms with E-state index in [1.165, 1.54) is 0 Å². The van der Waals surface area contributed by atoms with E-state index in [0.717, 1.165) is 27.8 Å². The van der Waals surface area contributed by atoms with Gasteiger partial charge in [-0.25, -0.2) is 4.98 Å². The van der Waals surface area contributed by atoms with Crippen molar-refractivity contribution < 1.29 is 4.79 Å². The van der Waals surface area contributed by atoms with E-state index in [4.69, 9.17) is 0 Å². The van der Waals surface area contributed by atoms with Crippen LogP contribution in [0.5, 0.6) is 0 Å². The lowest BCUT2D eigenvalue weighted by molar-refractivity contribution is 0.0951. The predicted octanol–water partition coefficient (Wildman–Crippen LogP) is 3.05. The molecular weight excluding hydrogens is 300 g/mol. The Hall–Kier alpha value is -3.21. The second-order valence-electron chi connectivity index (χ2n) is 5.63. The molecule has 5 heteroatoms. The van der Waals surface area contributed by atoms with Crippen LogP contribution in [0.3, 0.4) is 0 Å². The summed E-state index contributed by atoms with van der Waals surface area (Å²) >= 11 is 0. The third-order valence-electron chi connectivity index (χ3n) is 4.18. The number of benzene rings is 2. The number of para-hydroxylation sites is 3. The van der Waals surface area contributed by atoms with Crippen molar-refractivity contribution in [2.75, 3.05) is 0 Å². The zero-order chi connectivity index (χ0) is 16.5. The standard InChI is InChI=1S/C19H16N4O/c1-23-17-9-5-4-8-16(17)22-18(23)12-21-19(24)14-10-11-20-15-7-3-2-6-13(14)15/h2-11H,12H2,1H3,(H,21,24). The molecule has 2 aromatic heterocycles. The Morgan fingerprint density at radius 2 is 1.79 bits per heavy atom. The summed E-state index contributed by atoms with van der Waals surface area (Å²) in [4.78, 5) is 21.4. The monoisotopic (exact) mass is 316 g/mol. The van der Waals surface area contributed by atoms with Gasteiger partial charge in [0.25, 0.3) is 5.91 Å². The maximum atomic E-state index is 12.6. The van der Waals surface area contributed by atoms with Crippen molar-refractivity contribution in [3.63, 3.8) is 0 Å². The molecule has 0 aliphatic carbocycles. The van der Waals surface area contributed by atoms with Crippen molar-refractivity contribution in [1.29, 1.82) is 0 Å². The van der Waals surface area contributed by atoms with Crippen molar-refractivity contribution in [3.8, 4) is 0 Å². The minimum absolute atomic E-state index is 0.124. The van der Waals surface area contributed by atoms with E-state index >= 15 is 0 Å². The smallest absolute Gasteiger partial charge is 0.252 e. The van der Waals surface area contributed by atoms with Crippen molar-refractivity contribution in [2.24, 2.45) is 7.05 Å². The van der Waals surface area contributed by atoms with Crippen molar-refractivity contribution in [2.45, 2.75) is 6.54 Å². The average molecular weight is 316 g/mol. The topological polar surface area (TPSA) is 59.8 Å². The van der Waals surface area contributed by atoms with Gasteiger partial charge in [0.15, 0.2) is 0 Å². The third kappa shape index (κ3) is 2.40. The van der Waals surface area contributed by atoms with E-state index in [2.05, 4.69) is 15.3 Å². The maximum absolute atomic E-state index is 12.6. The lowest BCUT2D eigenvalue weighted by Gasteiger charge is -2.08. The number of aromatic nitrogens is 3. The van der Waals surface area contributed by atoms with Crippen LogP contribution in [0.1, 0.15) is 16.2 Å². The molecule has 1 amide bonds. The normalized spacial score (nSPS) is 11.0. The van der Waals surface area contributed by atoms with E-state index in [1.807, 2.05) is 60.1 Å². The fraction of sp³-hybridized carbons (Fsp3) is 0.105. The second kappa shape index (κ2) is 5.77. The van der Waals surface area contributed by atoms with Gasteiger partial charge in [-0.1, -0.05) is 30.3 Å². The van der Waals surface area contributed by atoms with Crippen LogP contribution in [0, 0.1) is 0 Å². The summed E-state index contributed by atoms with van der Waals surface area (Å²) < 4.78 is 2.00. The van der Waals surface area contributed by atoms with Gasteiger partial charge in [0, 0.05) is 18.6 Å². The van der Waals surface area contributed by atoms with E-state index in [1.54, 1.807) is 12.3 Å². The first kappa shape index (κ1) is 14.4. The molecule has 0 saturated carbocycles. The highest BCUT2D eigenvalue weighted by molar-refractivity contribution is 6.05. The van der Waals surface area contributed by atoms with E-state index in [9.17, 15) is 4.79 Å². The predicted molar refractivity (Wildman–Crippen MR) is 93.6 cm³/mol. The van der Waals surface area contributed by atoms with E-state index < -0.39 is 0 Å². The Morgan fingerprint density at radius 1 is 1.04 bits per heavy atom. The van der Waals surface area contributed by atoms with Gasteiger partial charge in [0.05, 0.1) is 28.7 Å². The second-order valence-corrected chi connectivity index (χ2v) is 5.63. The molecule has 0 fully saturated rings. The Labute approximate surface area is 139 Å². The molecule has 5 nitrogen and oxygen atoms in total. The summed E-state index contributed by atoms with van der Waals surface area (Å²) in [5.41, 5.74) is 3.42. The van der Waals surface area contributed by atoms with Gasteiger partial charge in [-0.05, 0) is 24.3 Å². The van der Waals surface area contributed by atoms with Gasteiger partial charge in [0.1, 0.15) is 5.82 Å². The molecule has 4 rings (SSSR count). The number of pyridine rings is 1. The molecule has 0 aliphatic rings. The number of fused-ring (bicyclic) bond motifs is 2. The molecule has 0 bridgehead atoms. The Bertz CT molecular complexity index is 1050. The average Bonchev–Trinajstić information content (AvgIpc) is 2.95. The summed E-state index contributed by atoms with van der Waals surface area (Å²) in [6.07, 6.45) is 1.66. The van der Waals surface area contributed by atoms with Crippen molar-refractivity contribution in [1.82, 2.24) is 19.9 Å². The van der Waals surface area contributed by atoms with Crippen molar-refractivity contribution >= 4 is 27.8 Å². The molecule has 2 aromatic carbocycles. The highest BCUT2D eigenvalue weighted by Gasteiger charge is 2.12. The zero-order valence-electron chi connectivity index (χ0n) is 13.2. The van der Waals surface area contributed by atoms with Crippen LogP contribution in [0.4, 0.5) is 0 Å². The molecule has 0 atom stereocenters. The number of nitrogens with zero attached hydrogens (tertiary/aromatic N) is 3. The van der Waals surface area contributed by atoms with Crippen LogP contribution < -0.4 is 5.32 Å². The molecule has 24 heavy (non-hydrogen) atoms. The first-order valence-corrected chi connectivity index (χ1v) is 7.76. The van der Waals surface area contributed by atoms with Gasteiger partial charge in [-0.15, -0.1) is 0 Å². The first-order valence-electron chi connectivity index (χ1n) is 7.76. The van der Waals surface area contributed by atoms with Crippen LogP contribution in [0.25, 0.3) is 21.9 Å². The Morgan fingerprint density at radius 3 is 2.62 bits per heavy atom. The van der Waals surface area contributed by atoms with Crippen LogP contribution in [-0.2, 0) is 13.6 Å². The number of carbonyl (C=O) groups is 1. The molecule has 0 saturated heterocycles. The van der Waals surface area contributed by atoms with Gasteiger partial charge in [0.2, 0.25) is 0 Å². The Kier molecular flexibility index (Phi) is 3.46. The summed E-state index contributed by atoms with van der Waals surface area (Å²) in [6, 6.07) is 17.3. The zero-order valence-corrected chi connectivity index (χ0v) is 13.2. The first-order chi connectivity index (χ1) is 11.7. The molecule has 4 aromatic rings. The fourth-order valence-electron chi connectivity index (χ4n) is 2.90. The third-order valence-corrected chi connectivity index (χ3v) is 4.18. The number of amides is 1. The molecule has 0 radical (unpaired) electrons. The summed E-state index contributed by atoms with van der Waals surface area (Å²) in [5.74, 6) is 0.698. The Balaban J connectivity index is 1.60. The number of rotatable bonds is 3. The van der Waals surface area contributed by atoms with E-state index in [-0.39, 0.29) is 5.91 Å². The molecule has 1 N–H and O–H groups in total. The minimum Gasteiger partial charge on any atom is -0.345 e. The van der Waals surface area contributed by atoms with Crippen LogP contribution in [-0.4, -0.2) is 20.4 Å². The largest absolute Gasteiger partial charge is 0.345 e. The molecule has 2 heterocycles. The number of imidazole rings is 1.